The lowest BCUT2D eigenvalue weighted by Crippen LogP contribution is -2.47. The Balaban J connectivity index is 2.45. The molecule has 0 radical (unpaired) electrons. The number of carbonyl (C=O) groups excluding carboxylic acids is 1. The second-order valence-corrected chi connectivity index (χ2v) is 5.12. The Labute approximate surface area is 90.0 Å². The summed E-state index contributed by atoms with van der Waals surface area (Å²) in [5, 5.41) is 3.37. The molecule has 1 saturated heterocycles. The van der Waals surface area contributed by atoms with Gasteiger partial charge < -0.3 is 10.1 Å². The van der Waals surface area contributed by atoms with Gasteiger partial charge in [-0.1, -0.05) is 13.8 Å². The molecule has 0 spiro atoms. The van der Waals surface area contributed by atoms with Crippen LogP contribution in [0.3, 0.4) is 0 Å². The van der Waals surface area contributed by atoms with E-state index < -0.39 is 0 Å². The third-order valence-electron chi connectivity index (χ3n) is 2.47. The molecule has 1 unspecified atom stereocenters. The van der Waals surface area contributed by atoms with E-state index in [9.17, 15) is 4.79 Å². The predicted molar refractivity (Wildman–Crippen MR) is 59.5 cm³/mol. The van der Waals surface area contributed by atoms with E-state index in [0.29, 0.717) is 6.04 Å². The summed E-state index contributed by atoms with van der Waals surface area (Å²) in [5.41, 5.74) is 0. The zero-order chi connectivity index (χ0) is 10.6. The first-order valence-corrected chi connectivity index (χ1v) is 6.22. The van der Waals surface area contributed by atoms with Crippen LogP contribution in [0.4, 0.5) is 0 Å². The molecule has 0 aromatic rings. The first-order valence-electron chi connectivity index (χ1n) is 5.06. The third-order valence-corrected chi connectivity index (χ3v) is 3.63. The van der Waals surface area contributed by atoms with E-state index >= 15 is 0 Å². The fraction of sp³-hybridized carbons (Fsp3) is 0.900. The molecule has 3 nitrogen and oxygen atoms in total. The maximum Gasteiger partial charge on any atom is 0.323 e. The largest absolute Gasteiger partial charge is 0.468 e. The topological polar surface area (TPSA) is 38.3 Å². The average Bonchev–Trinajstić information content (AvgIpc) is 2.65. The lowest BCUT2D eigenvalue weighted by molar-refractivity contribution is -0.144. The minimum Gasteiger partial charge on any atom is -0.468 e. The Morgan fingerprint density at radius 2 is 2.29 bits per heavy atom. The standard InChI is InChI=1S/C10H19NO2S/c1-7(2)9(10(12)13-3)11-8-4-5-14-6-8/h7-9,11H,4-6H2,1-3H3/t8?,9-/m0/s1. The Hall–Kier alpha value is -0.220. The van der Waals surface area contributed by atoms with Crippen LogP contribution < -0.4 is 5.32 Å². The molecule has 82 valence electrons. The number of thioether (sulfide) groups is 1. The molecule has 2 atom stereocenters. The van der Waals surface area contributed by atoms with E-state index in [-0.39, 0.29) is 17.9 Å². The summed E-state index contributed by atoms with van der Waals surface area (Å²) in [4.78, 5) is 11.4. The van der Waals surface area contributed by atoms with Crippen molar-refractivity contribution in [2.75, 3.05) is 18.6 Å². The smallest absolute Gasteiger partial charge is 0.323 e. The Morgan fingerprint density at radius 1 is 1.57 bits per heavy atom. The molecular weight excluding hydrogens is 198 g/mol. The van der Waals surface area contributed by atoms with Gasteiger partial charge in [-0.3, -0.25) is 4.79 Å². The molecule has 0 aromatic heterocycles. The summed E-state index contributed by atoms with van der Waals surface area (Å²) < 4.78 is 4.78. The quantitative estimate of drug-likeness (QED) is 0.720. The van der Waals surface area contributed by atoms with Gasteiger partial charge in [-0.25, -0.2) is 0 Å². The van der Waals surface area contributed by atoms with Crippen molar-refractivity contribution in [2.45, 2.75) is 32.4 Å². The maximum atomic E-state index is 11.4. The van der Waals surface area contributed by atoms with Crippen molar-refractivity contribution in [3.63, 3.8) is 0 Å². The first kappa shape index (κ1) is 11.9. The van der Waals surface area contributed by atoms with E-state index in [1.807, 2.05) is 25.6 Å². The van der Waals surface area contributed by atoms with Gasteiger partial charge in [-0.05, 0) is 18.1 Å². The van der Waals surface area contributed by atoms with Crippen molar-refractivity contribution < 1.29 is 9.53 Å². The van der Waals surface area contributed by atoms with E-state index in [2.05, 4.69) is 5.32 Å². The minimum atomic E-state index is -0.149. The van der Waals surface area contributed by atoms with Crippen molar-refractivity contribution in [3.8, 4) is 0 Å². The van der Waals surface area contributed by atoms with Gasteiger partial charge in [0.2, 0.25) is 0 Å². The normalized spacial score (nSPS) is 23.9. The number of carbonyl (C=O) groups is 1. The summed E-state index contributed by atoms with van der Waals surface area (Å²) in [5.74, 6) is 2.45. The van der Waals surface area contributed by atoms with E-state index in [4.69, 9.17) is 4.74 Å². The minimum absolute atomic E-state index is 0.142. The van der Waals surface area contributed by atoms with E-state index in [1.54, 1.807) is 0 Å². The molecule has 1 fully saturated rings. The summed E-state index contributed by atoms with van der Waals surface area (Å²) in [7, 11) is 1.45. The van der Waals surface area contributed by atoms with Gasteiger partial charge in [-0.2, -0.15) is 11.8 Å². The summed E-state index contributed by atoms with van der Waals surface area (Å²) >= 11 is 1.94. The Kier molecular flexibility index (Phi) is 4.75. The predicted octanol–water partition coefficient (Wildman–Crippen LogP) is 1.28. The summed E-state index contributed by atoms with van der Waals surface area (Å²) in [6.45, 7) is 4.08. The molecule has 1 heterocycles. The molecule has 4 heteroatoms. The van der Waals surface area contributed by atoms with Gasteiger partial charge in [0.1, 0.15) is 6.04 Å². The fourth-order valence-corrected chi connectivity index (χ4v) is 2.74. The van der Waals surface area contributed by atoms with Crippen LogP contribution in [0.15, 0.2) is 0 Å². The van der Waals surface area contributed by atoms with E-state index in [1.165, 1.54) is 12.9 Å². The van der Waals surface area contributed by atoms with Gasteiger partial charge >= 0.3 is 5.97 Å². The van der Waals surface area contributed by atoms with Crippen LogP contribution in [0.1, 0.15) is 20.3 Å². The van der Waals surface area contributed by atoms with Gasteiger partial charge in [0.25, 0.3) is 0 Å². The van der Waals surface area contributed by atoms with Gasteiger partial charge in [-0.15, -0.1) is 0 Å². The molecular formula is C10H19NO2S. The van der Waals surface area contributed by atoms with Crippen LogP contribution >= 0.6 is 11.8 Å². The Bertz CT molecular complexity index is 191. The molecule has 1 rings (SSSR count). The second kappa shape index (κ2) is 5.61. The molecule has 1 aliphatic rings. The molecule has 0 aromatic carbocycles. The number of rotatable bonds is 4. The molecule has 0 amide bonds. The van der Waals surface area contributed by atoms with Crippen molar-refractivity contribution in [1.82, 2.24) is 5.32 Å². The molecule has 0 aliphatic carbocycles. The Morgan fingerprint density at radius 3 is 2.71 bits per heavy atom. The third kappa shape index (κ3) is 3.17. The average molecular weight is 217 g/mol. The molecule has 14 heavy (non-hydrogen) atoms. The highest BCUT2D eigenvalue weighted by atomic mass is 32.2. The number of hydrogen-bond donors (Lipinski definition) is 1. The van der Waals surface area contributed by atoms with Gasteiger partial charge in [0, 0.05) is 11.8 Å². The zero-order valence-electron chi connectivity index (χ0n) is 9.08. The van der Waals surface area contributed by atoms with Crippen molar-refractivity contribution >= 4 is 17.7 Å². The lowest BCUT2D eigenvalue weighted by Gasteiger charge is -2.23. The number of esters is 1. The van der Waals surface area contributed by atoms with Crippen LogP contribution in [0.25, 0.3) is 0 Å². The van der Waals surface area contributed by atoms with Crippen LogP contribution in [-0.4, -0.2) is 36.7 Å². The highest BCUT2D eigenvalue weighted by Gasteiger charge is 2.27. The fourth-order valence-electron chi connectivity index (χ4n) is 1.58. The molecule has 0 bridgehead atoms. The number of nitrogens with one attached hydrogen (secondary N) is 1. The van der Waals surface area contributed by atoms with Crippen LogP contribution in [0.5, 0.6) is 0 Å². The highest BCUT2D eigenvalue weighted by Crippen LogP contribution is 2.18. The monoisotopic (exact) mass is 217 g/mol. The van der Waals surface area contributed by atoms with Crippen molar-refractivity contribution in [1.29, 1.82) is 0 Å². The highest BCUT2D eigenvalue weighted by molar-refractivity contribution is 7.99. The maximum absolute atomic E-state index is 11.4. The number of ether oxygens (including phenoxy) is 1. The van der Waals surface area contributed by atoms with Crippen LogP contribution in [-0.2, 0) is 9.53 Å². The van der Waals surface area contributed by atoms with Crippen molar-refractivity contribution in [2.24, 2.45) is 5.92 Å². The van der Waals surface area contributed by atoms with Crippen LogP contribution in [0, 0.1) is 5.92 Å². The van der Waals surface area contributed by atoms with Crippen LogP contribution in [0.2, 0.25) is 0 Å². The summed E-state index contributed by atoms with van der Waals surface area (Å²) in [6.07, 6.45) is 1.16. The molecule has 0 saturated carbocycles. The van der Waals surface area contributed by atoms with Gasteiger partial charge in [0.15, 0.2) is 0 Å². The molecule has 1 aliphatic heterocycles. The first-order chi connectivity index (χ1) is 6.65. The molecule has 1 N–H and O–H groups in total. The second-order valence-electron chi connectivity index (χ2n) is 3.97. The number of hydrogen-bond acceptors (Lipinski definition) is 4. The summed E-state index contributed by atoms with van der Waals surface area (Å²) in [6, 6.07) is 0.329. The lowest BCUT2D eigenvalue weighted by atomic mass is 10.0. The number of methoxy groups -OCH3 is 1. The van der Waals surface area contributed by atoms with Gasteiger partial charge in [0.05, 0.1) is 7.11 Å². The van der Waals surface area contributed by atoms with Crippen molar-refractivity contribution in [3.05, 3.63) is 0 Å². The zero-order valence-corrected chi connectivity index (χ0v) is 9.89. The SMILES string of the molecule is COC(=O)[C@@H](NC1CCSC1)C(C)C. The van der Waals surface area contributed by atoms with E-state index in [0.717, 1.165) is 12.2 Å².